The molecule has 0 radical (unpaired) electrons. The molecule has 2 unspecified atom stereocenters. The van der Waals surface area contributed by atoms with E-state index in [0.717, 1.165) is 5.56 Å². The van der Waals surface area contributed by atoms with Gasteiger partial charge in [0.15, 0.2) is 0 Å². The molecule has 2 aromatic carbocycles. The van der Waals surface area contributed by atoms with Crippen LogP contribution in [0.25, 0.3) is 0 Å². The second-order valence-corrected chi connectivity index (χ2v) is 6.30. The van der Waals surface area contributed by atoms with Gasteiger partial charge in [-0.1, -0.05) is 48.0 Å². The Morgan fingerprint density at radius 3 is 2.48 bits per heavy atom. The number of amides is 1. The first-order valence-corrected chi connectivity index (χ1v) is 8.55. The van der Waals surface area contributed by atoms with Crippen LogP contribution in [0, 0.1) is 0 Å². The van der Waals surface area contributed by atoms with Crippen LogP contribution >= 0.6 is 11.6 Å². The number of halogens is 1. The van der Waals surface area contributed by atoms with Gasteiger partial charge in [0.1, 0.15) is 18.8 Å². The predicted octanol–water partition coefficient (Wildman–Crippen LogP) is 2.29. The molecule has 0 aliphatic rings. The summed E-state index contributed by atoms with van der Waals surface area (Å²) in [6, 6.07) is 13.4. The van der Waals surface area contributed by atoms with E-state index < -0.39 is 24.3 Å². The number of alkyl carbamates (subject to hydrolysis) is 1. The van der Waals surface area contributed by atoms with E-state index in [0.29, 0.717) is 10.6 Å². The van der Waals surface area contributed by atoms with Crippen molar-refractivity contribution in [2.24, 2.45) is 0 Å². The van der Waals surface area contributed by atoms with E-state index in [1.807, 2.05) is 18.2 Å². The van der Waals surface area contributed by atoms with Gasteiger partial charge in [-0.3, -0.25) is 4.79 Å². The number of nitrogens with one attached hydrogen (secondary N) is 1. The van der Waals surface area contributed by atoms with Crippen molar-refractivity contribution in [2.75, 3.05) is 6.54 Å². The molecule has 0 aliphatic carbocycles. The highest BCUT2D eigenvalue weighted by Gasteiger charge is 2.23. The summed E-state index contributed by atoms with van der Waals surface area (Å²) in [6.07, 6.45) is -3.88. The number of benzene rings is 2. The first kappa shape index (κ1) is 20.7. The van der Waals surface area contributed by atoms with Gasteiger partial charge >= 0.3 is 12.1 Å². The lowest BCUT2D eigenvalue weighted by Crippen LogP contribution is -2.36. The summed E-state index contributed by atoms with van der Waals surface area (Å²) >= 11 is 5.90. The number of carboxylic acid groups (broad SMARTS) is 1. The van der Waals surface area contributed by atoms with E-state index in [-0.39, 0.29) is 25.1 Å². The monoisotopic (exact) mass is 393 g/mol. The number of hydrogen-bond donors (Lipinski definition) is 4. The van der Waals surface area contributed by atoms with E-state index in [1.165, 1.54) is 18.2 Å². The fraction of sp³-hybridized carbons (Fsp3) is 0.263. The lowest BCUT2D eigenvalue weighted by molar-refractivity contribution is -0.136. The molecule has 0 heterocycles. The highest BCUT2D eigenvalue weighted by atomic mass is 35.5. The third kappa shape index (κ3) is 6.56. The predicted molar refractivity (Wildman–Crippen MR) is 98.4 cm³/mol. The second kappa shape index (κ2) is 9.91. The fourth-order valence-electron chi connectivity index (χ4n) is 2.45. The van der Waals surface area contributed by atoms with Crippen LogP contribution in [-0.4, -0.2) is 40.0 Å². The molecule has 2 aromatic rings. The van der Waals surface area contributed by atoms with Crippen LogP contribution in [0.15, 0.2) is 48.5 Å². The zero-order valence-corrected chi connectivity index (χ0v) is 15.1. The Hall–Kier alpha value is -2.61. The average Bonchev–Trinajstić information content (AvgIpc) is 2.65. The molecule has 7 nitrogen and oxygen atoms in total. The molecule has 2 atom stereocenters. The third-order valence-electron chi connectivity index (χ3n) is 3.80. The van der Waals surface area contributed by atoms with Gasteiger partial charge in [0.05, 0.1) is 6.42 Å². The van der Waals surface area contributed by atoms with Crippen molar-refractivity contribution in [3.8, 4) is 0 Å². The molecule has 0 spiro atoms. The van der Waals surface area contributed by atoms with E-state index in [4.69, 9.17) is 21.4 Å². The Morgan fingerprint density at radius 2 is 1.81 bits per heavy atom. The number of aliphatic hydroxyl groups is 2. The summed E-state index contributed by atoms with van der Waals surface area (Å²) < 4.78 is 5.02. The Bertz CT molecular complexity index is 783. The minimum atomic E-state index is -1.42. The van der Waals surface area contributed by atoms with Crippen molar-refractivity contribution in [1.82, 2.24) is 5.32 Å². The summed E-state index contributed by atoms with van der Waals surface area (Å²) in [5.41, 5.74) is 1.33. The maximum Gasteiger partial charge on any atom is 0.407 e. The summed E-state index contributed by atoms with van der Waals surface area (Å²) in [6.45, 7) is -0.212. The van der Waals surface area contributed by atoms with Crippen molar-refractivity contribution in [3.63, 3.8) is 0 Å². The molecule has 144 valence electrons. The Balaban J connectivity index is 1.91. The summed E-state index contributed by atoms with van der Waals surface area (Å²) in [5.74, 6) is -1.08. The minimum absolute atomic E-state index is 0.0718. The van der Waals surface area contributed by atoms with E-state index in [9.17, 15) is 19.8 Å². The normalized spacial score (nSPS) is 12.9. The molecule has 0 aliphatic heterocycles. The zero-order valence-electron chi connectivity index (χ0n) is 14.3. The molecule has 0 saturated heterocycles. The van der Waals surface area contributed by atoms with Crippen LogP contribution in [-0.2, 0) is 22.6 Å². The number of carboxylic acids is 1. The standard InChI is InChI=1S/C19H20ClNO6/c20-14-7-6-13(8-17(23)24)15(9-14)18(25)16(22)10-21-19(26)27-11-12-4-2-1-3-5-12/h1-7,9,16,18,22,25H,8,10-11H2,(H,21,26)(H,23,24). The molecule has 0 fully saturated rings. The van der Waals surface area contributed by atoms with E-state index in [1.54, 1.807) is 12.1 Å². The highest BCUT2D eigenvalue weighted by molar-refractivity contribution is 6.30. The Labute approximate surface area is 161 Å². The Kier molecular flexibility index (Phi) is 7.60. The quantitative estimate of drug-likeness (QED) is 0.546. The number of carbonyl (C=O) groups excluding carboxylic acids is 1. The SMILES string of the molecule is O=C(O)Cc1ccc(Cl)cc1C(O)C(O)CNC(=O)OCc1ccccc1. The first-order chi connectivity index (χ1) is 12.9. The van der Waals surface area contributed by atoms with Gasteiger partial charge in [-0.25, -0.2) is 4.79 Å². The van der Waals surface area contributed by atoms with Gasteiger partial charge in [-0.2, -0.15) is 0 Å². The van der Waals surface area contributed by atoms with Gasteiger partial charge in [0.2, 0.25) is 0 Å². The molecular weight excluding hydrogens is 374 g/mol. The third-order valence-corrected chi connectivity index (χ3v) is 4.04. The minimum Gasteiger partial charge on any atom is -0.481 e. The number of hydrogen-bond acceptors (Lipinski definition) is 5. The molecule has 27 heavy (non-hydrogen) atoms. The summed E-state index contributed by atoms with van der Waals surface area (Å²) in [4.78, 5) is 22.7. The topological polar surface area (TPSA) is 116 Å². The van der Waals surface area contributed by atoms with Gasteiger partial charge in [0, 0.05) is 11.6 Å². The largest absolute Gasteiger partial charge is 0.481 e. The van der Waals surface area contributed by atoms with E-state index in [2.05, 4.69) is 5.32 Å². The number of aliphatic carboxylic acids is 1. The summed E-state index contributed by atoms with van der Waals surface area (Å²) in [5, 5.41) is 32.1. The zero-order chi connectivity index (χ0) is 19.8. The fourth-order valence-corrected chi connectivity index (χ4v) is 2.63. The molecular formula is C19H20ClNO6. The lowest BCUT2D eigenvalue weighted by atomic mass is 9.96. The number of ether oxygens (including phenoxy) is 1. The Morgan fingerprint density at radius 1 is 1.11 bits per heavy atom. The van der Waals surface area contributed by atoms with Gasteiger partial charge < -0.3 is 25.4 Å². The number of rotatable bonds is 8. The highest BCUT2D eigenvalue weighted by Crippen LogP contribution is 2.25. The molecule has 4 N–H and O–H groups in total. The van der Waals surface area contributed by atoms with Crippen LogP contribution in [0.1, 0.15) is 22.8 Å². The maximum absolute atomic E-state index is 11.7. The number of aliphatic hydroxyl groups excluding tert-OH is 2. The van der Waals surface area contributed by atoms with Crippen molar-refractivity contribution in [1.29, 1.82) is 0 Å². The first-order valence-electron chi connectivity index (χ1n) is 8.17. The molecule has 0 aromatic heterocycles. The van der Waals surface area contributed by atoms with Crippen LogP contribution in [0.4, 0.5) is 4.79 Å². The number of carbonyl (C=O) groups is 2. The van der Waals surface area contributed by atoms with Crippen LogP contribution in [0.5, 0.6) is 0 Å². The molecule has 8 heteroatoms. The van der Waals surface area contributed by atoms with Crippen LogP contribution in [0.2, 0.25) is 5.02 Å². The summed E-state index contributed by atoms with van der Waals surface area (Å²) in [7, 11) is 0. The molecule has 1 amide bonds. The molecule has 0 saturated carbocycles. The van der Waals surface area contributed by atoms with Crippen molar-refractivity contribution in [3.05, 3.63) is 70.2 Å². The lowest BCUT2D eigenvalue weighted by Gasteiger charge is -2.21. The smallest absolute Gasteiger partial charge is 0.407 e. The van der Waals surface area contributed by atoms with Crippen LogP contribution < -0.4 is 5.32 Å². The maximum atomic E-state index is 11.7. The van der Waals surface area contributed by atoms with Crippen molar-refractivity contribution >= 4 is 23.7 Å². The molecule has 2 rings (SSSR count). The van der Waals surface area contributed by atoms with Crippen molar-refractivity contribution < 1.29 is 29.6 Å². The molecule has 0 bridgehead atoms. The van der Waals surface area contributed by atoms with Gasteiger partial charge in [-0.05, 0) is 28.8 Å². The second-order valence-electron chi connectivity index (χ2n) is 5.87. The van der Waals surface area contributed by atoms with E-state index >= 15 is 0 Å². The average molecular weight is 394 g/mol. The van der Waals surface area contributed by atoms with Gasteiger partial charge in [0.25, 0.3) is 0 Å². The van der Waals surface area contributed by atoms with Crippen LogP contribution in [0.3, 0.4) is 0 Å². The van der Waals surface area contributed by atoms with Gasteiger partial charge in [-0.15, -0.1) is 0 Å². The van der Waals surface area contributed by atoms with Crippen molar-refractivity contribution in [2.45, 2.75) is 25.2 Å².